The van der Waals surface area contributed by atoms with E-state index in [2.05, 4.69) is 4.98 Å². The molecule has 1 aliphatic rings. The summed E-state index contributed by atoms with van der Waals surface area (Å²) < 4.78 is 27.9. The largest absolute Gasteiger partial charge is 0.446 e. The highest BCUT2D eigenvalue weighted by molar-refractivity contribution is 7.91. The van der Waals surface area contributed by atoms with Gasteiger partial charge in [-0.3, -0.25) is 0 Å². The zero-order valence-electron chi connectivity index (χ0n) is 8.92. The molecule has 1 atom stereocenters. The van der Waals surface area contributed by atoms with Crippen molar-refractivity contribution in [1.29, 1.82) is 0 Å². The van der Waals surface area contributed by atoms with Gasteiger partial charge in [0, 0.05) is 12.8 Å². The normalized spacial score (nSPS) is 23.7. The average Bonchev–Trinajstić information content (AvgIpc) is 2.75. The summed E-state index contributed by atoms with van der Waals surface area (Å²) in [6, 6.07) is 0. The Balaban J connectivity index is 1.94. The number of aliphatic hydroxyl groups excluding tert-OH is 1. The lowest BCUT2D eigenvalue weighted by Gasteiger charge is -2.02. The Bertz CT molecular complexity index is 451. The van der Waals surface area contributed by atoms with Crippen LogP contribution in [0.25, 0.3) is 0 Å². The maximum Gasteiger partial charge on any atom is 0.194 e. The fourth-order valence-corrected chi connectivity index (χ4v) is 3.81. The molecule has 0 amide bonds. The molecule has 0 aliphatic carbocycles. The van der Waals surface area contributed by atoms with E-state index in [9.17, 15) is 8.42 Å². The van der Waals surface area contributed by atoms with E-state index in [4.69, 9.17) is 9.52 Å². The number of nitrogens with zero attached hydrogens (tertiary/aromatic N) is 1. The molecule has 1 N–H and O–H groups in total. The summed E-state index contributed by atoms with van der Waals surface area (Å²) in [5, 5.41) is 8.71. The SMILES string of the molecule is O=S1(=O)CCC(Cc2ncc(CCO)o2)C1. The number of sulfone groups is 1. The van der Waals surface area contributed by atoms with E-state index in [1.807, 2.05) is 0 Å². The smallest absolute Gasteiger partial charge is 0.194 e. The first-order chi connectivity index (χ1) is 7.59. The monoisotopic (exact) mass is 245 g/mol. The molecule has 1 unspecified atom stereocenters. The maximum atomic E-state index is 11.3. The van der Waals surface area contributed by atoms with Gasteiger partial charge in [0.25, 0.3) is 0 Å². The Labute approximate surface area is 94.4 Å². The van der Waals surface area contributed by atoms with Crippen LogP contribution in [0.1, 0.15) is 18.1 Å². The summed E-state index contributed by atoms with van der Waals surface area (Å²) in [4.78, 5) is 4.07. The molecule has 0 radical (unpaired) electrons. The quantitative estimate of drug-likeness (QED) is 0.818. The standard InChI is InChI=1S/C10H15NO4S/c12-3-1-9-6-11-10(15-9)5-8-2-4-16(13,14)7-8/h6,8,12H,1-5,7H2. The van der Waals surface area contributed by atoms with Crippen molar-refractivity contribution >= 4 is 9.84 Å². The molecule has 1 fully saturated rings. The minimum atomic E-state index is -2.83. The van der Waals surface area contributed by atoms with Crippen LogP contribution in [0.5, 0.6) is 0 Å². The first-order valence-corrected chi connectivity index (χ1v) is 7.16. The van der Waals surface area contributed by atoms with Crippen molar-refractivity contribution in [2.75, 3.05) is 18.1 Å². The molecule has 1 aliphatic heterocycles. The van der Waals surface area contributed by atoms with E-state index < -0.39 is 9.84 Å². The highest BCUT2D eigenvalue weighted by Crippen LogP contribution is 2.22. The zero-order valence-corrected chi connectivity index (χ0v) is 9.74. The topological polar surface area (TPSA) is 80.4 Å². The van der Waals surface area contributed by atoms with Crippen LogP contribution in [0.4, 0.5) is 0 Å². The van der Waals surface area contributed by atoms with Crippen molar-refractivity contribution in [2.24, 2.45) is 5.92 Å². The van der Waals surface area contributed by atoms with Crippen LogP contribution in [0, 0.1) is 5.92 Å². The lowest BCUT2D eigenvalue weighted by molar-refractivity contribution is 0.285. The molecule has 90 valence electrons. The lowest BCUT2D eigenvalue weighted by Crippen LogP contribution is -2.07. The molecule has 1 aromatic rings. The molecule has 2 heterocycles. The number of aliphatic hydroxyl groups is 1. The highest BCUT2D eigenvalue weighted by atomic mass is 32.2. The molecule has 16 heavy (non-hydrogen) atoms. The van der Waals surface area contributed by atoms with Gasteiger partial charge in [0.1, 0.15) is 5.76 Å². The molecule has 0 spiro atoms. The third-order valence-corrected chi connectivity index (χ3v) is 4.59. The summed E-state index contributed by atoms with van der Waals surface area (Å²) in [5.74, 6) is 1.88. The summed E-state index contributed by atoms with van der Waals surface area (Å²) in [6.07, 6.45) is 3.32. The summed E-state index contributed by atoms with van der Waals surface area (Å²) >= 11 is 0. The van der Waals surface area contributed by atoms with E-state index in [1.54, 1.807) is 6.20 Å². The molecule has 6 heteroatoms. The van der Waals surface area contributed by atoms with Crippen LogP contribution >= 0.6 is 0 Å². The maximum absolute atomic E-state index is 11.3. The van der Waals surface area contributed by atoms with Crippen LogP contribution in [-0.4, -0.2) is 36.6 Å². The van der Waals surface area contributed by atoms with E-state index in [-0.39, 0.29) is 24.0 Å². The van der Waals surface area contributed by atoms with Crippen molar-refractivity contribution in [3.63, 3.8) is 0 Å². The van der Waals surface area contributed by atoms with Gasteiger partial charge in [-0.25, -0.2) is 13.4 Å². The van der Waals surface area contributed by atoms with Crippen LogP contribution in [0.2, 0.25) is 0 Å². The van der Waals surface area contributed by atoms with E-state index in [0.717, 1.165) is 0 Å². The highest BCUT2D eigenvalue weighted by Gasteiger charge is 2.28. The summed E-state index contributed by atoms with van der Waals surface area (Å²) in [7, 11) is -2.83. The molecule has 0 aromatic carbocycles. The van der Waals surface area contributed by atoms with Gasteiger partial charge < -0.3 is 9.52 Å². The molecular formula is C10H15NO4S. The Kier molecular flexibility index (Phi) is 3.30. The second-order valence-corrected chi connectivity index (χ2v) is 6.40. The Morgan fingerprint density at radius 2 is 2.38 bits per heavy atom. The van der Waals surface area contributed by atoms with Crippen molar-refractivity contribution in [1.82, 2.24) is 4.98 Å². The molecule has 0 saturated carbocycles. The van der Waals surface area contributed by atoms with Crippen LogP contribution in [0.3, 0.4) is 0 Å². The van der Waals surface area contributed by atoms with Crippen LogP contribution in [-0.2, 0) is 22.7 Å². The Hall–Kier alpha value is -0.880. The van der Waals surface area contributed by atoms with Gasteiger partial charge in [-0.2, -0.15) is 0 Å². The fraction of sp³-hybridized carbons (Fsp3) is 0.700. The molecule has 5 nitrogen and oxygen atoms in total. The second kappa shape index (κ2) is 4.55. The minimum absolute atomic E-state index is 0.0342. The van der Waals surface area contributed by atoms with Gasteiger partial charge in [0.2, 0.25) is 0 Å². The molecule has 1 saturated heterocycles. The first kappa shape index (κ1) is 11.6. The van der Waals surface area contributed by atoms with Gasteiger partial charge in [0.15, 0.2) is 15.7 Å². The number of hydrogen-bond donors (Lipinski definition) is 1. The third kappa shape index (κ3) is 2.82. The Morgan fingerprint density at radius 1 is 1.56 bits per heavy atom. The zero-order chi connectivity index (χ0) is 11.6. The van der Waals surface area contributed by atoms with Crippen molar-refractivity contribution in [3.8, 4) is 0 Å². The van der Waals surface area contributed by atoms with E-state index >= 15 is 0 Å². The molecule has 2 rings (SSSR count). The van der Waals surface area contributed by atoms with Gasteiger partial charge >= 0.3 is 0 Å². The van der Waals surface area contributed by atoms with E-state index in [0.29, 0.717) is 30.9 Å². The number of oxazole rings is 1. The number of aromatic nitrogens is 1. The van der Waals surface area contributed by atoms with Crippen LogP contribution in [0.15, 0.2) is 10.6 Å². The van der Waals surface area contributed by atoms with Crippen molar-refractivity contribution < 1.29 is 17.9 Å². The fourth-order valence-electron chi connectivity index (χ4n) is 1.95. The number of hydrogen-bond acceptors (Lipinski definition) is 5. The predicted molar refractivity (Wildman–Crippen MR) is 57.8 cm³/mol. The predicted octanol–water partition coefficient (Wildman–Crippen LogP) is 0.187. The molecule has 1 aromatic heterocycles. The first-order valence-electron chi connectivity index (χ1n) is 5.34. The van der Waals surface area contributed by atoms with Crippen LogP contribution < -0.4 is 0 Å². The Morgan fingerprint density at radius 3 is 3.00 bits per heavy atom. The molecular weight excluding hydrogens is 230 g/mol. The van der Waals surface area contributed by atoms with Gasteiger partial charge in [-0.05, 0) is 12.3 Å². The average molecular weight is 245 g/mol. The van der Waals surface area contributed by atoms with Gasteiger partial charge in [-0.15, -0.1) is 0 Å². The minimum Gasteiger partial charge on any atom is -0.446 e. The van der Waals surface area contributed by atoms with E-state index in [1.165, 1.54) is 0 Å². The summed E-state index contributed by atoms with van der Waals surface area (Å²) in [6.45, 7) is 0.0342. The second-order valence-electron chi connectivity index (χ2n) is 4.17. The third-order valence-electron chi connectivity index (χ3n) is 2.75. The van der Waals surface area contributed by atoms with Crippen molar-refractivity contribution in [3.05, 3.63) is 17.8 Å². The van der Waals surface area contributed by atoms with Crippen molar-refractivity contribution in [2.45, 2.75) is 19.3 Å². The summed E-state index contributed by atoms with van der Waals surface area (Å²) in [5.41, 5.74) is 0. The molecule has 0 bridgehead atoms. The van der Waals surface area contributed by atoms with Gasteiger partial charge in [0.05, 0.1) is 24.3 Å². The number of rotatable bonds is 4. The van der Waals surface area contributed by atoms with Gasteiger partial charge in [-0.1, -0.05) is 0 Å². The lowest BCUT2D eigenvalue weighted by atomic mass is 10.1.